The van der Waals surface area contributed by atoms with Gasteiger partial charge in [-0.15, -0.1) is 0 Å². The minimum Gasteiger partial charge on any atom is -0.472 e. The molecule has 0 spiro atoms. The van der Waals surface area contributed by atoms with Gasteiger partial charge in [0.25, 0.3) is 5.91 Å². The third-order valence-electron chi connectivity index (χ3n) is 8.87. The van der Waals surface area contributed by atoms with Crippen molar-refractivity contribution in [3.05, 3.63) is 48.7 Å². The van der Waals surface area contributed by atoms with Crippen molar-refractivity contribution in [2.45, 2.75) is 95.4 Å². The van der Waals surface area contributed by atoms with E-state index in [1.54, 1.807) is 13.1 Å². The van der Waals surface area contributed by atoms with Crippen molar-refractivity contribution in [3.8, 4) is 5.88 Å². The van der Waals surface area contributed by atoms with Gasteiger partial charge in [0.2, 0.25) is 17.5 Å². The molecule has 3 aliphatic rings. The van der Waals surface area contributed by atoms with Crippen LogP contribution in [-0.2, 0) is 23.9 Å². The Morgan fingerprint density at radius 2 is 1.89 bits per heavy atom. The van der Waals surface area contributed by atoms with Crippen LogP contribution in [0.1, 0.15) is 78.1 Å². The van der Waals surface area contributed by atoms with Crippen LogP contribution in [0.25, 0.3) is 10.8 Å². The van der Waals surface area contributed by atoms with Gasteiger partial charge < -0.3 is 24.4 Å². The third kappa shape index (κ3) is 7.07. The first-order valence-electron chi connectivity index (χ1n) is 16.2. The minimum absolute atomic E-state index is 0.0299. The molecule has 1 aromatic heterocycles. The van der Waals surface area contributed by atoms with E-state index in [1.807, 2.05) is 49.4 Å². The molecule has 11 heteroatoms. The van der Waals surface area contributed by atoms with E-state index >= 15 is 0 Å². The number of alkyl carbamates (subject to hydrolysis) is 1. The molecule has 2 N–H and O–H groups in total. The lowest BCUT2D eigenvalue weighted by Gasteiger charge is -2.38. The number of ether oxygens (including phenoxy) is 3. The fourth-order valence-electron chi connectivity index (χ4n) is 6.31. The Morgan fingerprint density at radius 3 is 2.71 bits per heavy atom. The molecular formula is C34H44N4O7. The number of fused-ring (bicyclic) bond motifs is 3. The zero-order chi connectivity index (χ0) is 31.9. The number of esters is 1. The molecule has 1 aromatic carbocycles. The first-order chi connectivity index (χ1) is 21.8. The van der Waals surface area contributed by atoms with E-state index < -0.39 is 35.3 Å². The number of pyridine rings is 1. The van der Waals surface area contributed by atoms with Gasteiger partial charge in [-0.2, -0.15) is 0 Å². The topological polar surface area (TPSA) is 136 Å². The molecule has 1 saturated heterocycles. The number of hydrogen-bond donors (Lipinski definition) is 2. The summed E-state index contributed by atoms with van der Waals surface area (Å²) in [6, 6.07) is 9.53. The van der Waals surface area contributed by atoms with Crippen LogP contribution in [-0.4, -0.2) is 70.8 Å². The van der Waals surface area contributed by atoms with Crippen LogP contribution in [0.2, 0.25) is 0 Å². The molecule has 11 nitrogen and oxygen atoms in total. The van der Waals surface area contributed by atoms with Gasteiger partial charge in [-0.1, -0.05) is 56.5 Å². The summed E-state index contributed by atoms with van der Waals surface area (Å²) in [6.45, 7) is 4.03. The summed E-state index contributed by atoms with van der Waals surface area (Å²) in [5.74, 6) is -1.41. The minimum atomic E-state index is -1.87. The molecule has 45 heavy (non-hydrogen) atoms. The quantitative estimate of drug-likeness (QED) is 0.244. The van der Waals surface area contributed by atoms with Crippen LogP contribution in [0.3, 0.4) is 0 Å². The van der Waals surface area contributed by atoms with Gasteiger partial charge >= 0.3 is 12.1 Å². The van der Waals surface area contributed by atoms with Crippen LogP contribution in [0.15, 0.2) is 48.7 Å². The molecular weight excluding hydrogens is 576 g/mol. The summed E-state index contributed by atoms with van der Waals surface area (Å²) in [7, 11) is 0. The molecule has 0 bridgehead atoms. The van der Waals surface area contributed by atoms with Crippen molar-refractivity contribution >= 4 is 34.6 Å². The monoisotopic (exact) mass is 620 g/mol. The smallest absolute Gasteiger partial charge is 0.409 e. The number of carbonyl (C=O) groups is 4. The second-order valence-corrected chi connectivity index (χ2v) is 12.1. The number of rotatable bonds is 8. The Labute approximate surface area is 264 Å². The Morgan fingerprint density at radius 1 is 1.07 bits per heavy atom. The van der Waals surface area contributed by atoms with Crippen molar-refractivity contribution in [1.82, 2.24) is 20.5 Å². The lowest BCUT2D eigenvalue weighted by molar-refractivity contribution is -0.153. The van der Waals surface area contributed by atoms with Gasteiger partial charge in [-0.3, -0.25) is 14.9 Å². The molecule has 242 valence electrons. The number of carbonyl (C=O) groups excluding carboxylic acids is 4. The summed E-state index contributed by atoms with van der Waals surface area (Å²) in [5, 5.41) is 7.43. The Kier molecular flexibility index (Phi) is 10.2. The van der Waals surface area contributed by atoms with Gasteiger partial charge in [0.05, 0.1) is 19.8 Å². The Hall–Kier alpha value is -4.15. The highest BCUT2D eigenvalue weighted by Crippen LogP contribution is 2.47. The highest BCUT2D eigenvalue weighted by Gasteiger charge is 2.65. The zero-order valence-corrected chi connectivity index (χ0v) is 26.2. The van der Waals surface area contributed by atoms with Crippen LogP contribution >= 0.6 is 0 Å². The Bertz CT molecular complexity index is 1430. The van der Waals surface area contributed by atoms with E-state index in [9.17, 15) is 19.2 Å². The van der Waals surface area contributed by atoms with E-state index in [4.69, 9.17) is 14.2 Å². The van der Waals surface area contributed by atoms with Crippen molar-refractivity contribution in [2.24, 2.45) is 5.92 Å². The number of aromatic nitrogens is 1. The molecule has 3 amide bonds. The molecule has 4 unspecified atom stereocenters. The number of hydrogen-bond acceptors (Lipinski definition) is 8. The molecule has 4 atom stereocenters. The number of allylic oxidation sites excluding steroid dienone is 1. The highest BCUT2D eigenvalue weighted by atomic mass is 16.6. The SMILES string of the molecule is CCCCOC(=O)NC12CC(Oc3nccc4ccccc34)CN1C(=O)CCCCCC/C=C/C1CC1(C(=O)OCC)NC2=O. The normalized spacial score (nSPS) is 27.6. The predicted octanol–water partition coefficient (Wildman–Crippen LogP) is 4.79. The Balaban J connectivity index is 1.52. The standard InChI is InChI=1S/C34H44N4O7/c1-3-5-20-44-32(42)37-34-22-26(45-29-27-16-13-12-14-24(27)18-19-35-29)23-38(34)28(39)17-11-9-7-6-8-10-15-25-21-33(25,36-30(34)40)31(41)43-4-2/h10,12-16,18-19,25-26H,3-9,11,17,20-23H2,1-2H3,(H,36,40)(H,37,42)/b15-10+. The lowest BCUT2D eigenvalue weighted by atomic mass is 10.0. The molecule has 2 aromatic rings. The number of nitrogens with one attached hydrogen (secondary N) is 2. The van der Waals surface area contributed by atoms with Crippen molar-refractivity contribution in [1.29, 1.82) is 0 Å². The fourth-order valence-corrected chi connectivity index (χ4v) is 6.31. The fraction of sp³-hybridized carbons (Fsp3) is 0.559. The second-order valence-electron chi connectivity index (χ2n) is 12.1. The molecule has 1 aliphatic carbocycles. The first-order valence-corrected chi connectivity index (χ1v) is 16.2. The average molecular weight is 621 g/mol. The van der Waals surface area contributed by atoms with E-state index in [0.29, 0.717) is 25.1 Å². The summed E-state index contributed by atoms with van der Waals surface area (Å²) < 4.78 is 17.2. The molecule has 3 heterocycles. The average Bonchev–Trinajstić information content (AvgIpc) is 3.61. The molecule has 2 fully saturated rings. The maximum atomic E-state index is 14.5. The van der Waals surface area contributed by atoms with Gasteiger partial charge in [0.1, 0.15) is 11.6 Å². The van der Waals surface area contributed by atoms with Gasteiger partial charge in [-0.25, -0.2) is 14.6 Å². The first kappa shape index (κ1) is 32.2. The van der Waals surface area contributed by atoms with Gasteiger partial charge in [-0.05, 0) is 56.5 Å². The van der Waals surface area contributed by atoms with Gasteiger partial charge in [0, 0.05) is 30.3 Å². The van der Waals surface area contributed by atoms with Crippen molar-refractivity contribution < 1.29 is 33.4 Å². The number of unbranched alkanes of at least 4 members (excludes halogenated alkanes) is 1. The maximum absolute atomic E-state index is 14.5. The van der Waals surface area contributed by atoms with E-state index in [-0.39, 0.29) is 44.4 Å². The van der Waals surface area contributed by atoms with Crippen LogP contribution in [0.4, 0.5) is 4.79 Å². The van der Waals surface area contributed by atoms with Crippen molar-refractivity contribution in [2.75, 3.05) is 19.8 Å². The molecule has 1 saturated carbocycles. The maximum Gasteiger partial charge on any atom is 0.409 e. The number of amides is 3. The highest BCUT2D eigenvalue weighted by molar-refractivity contribution is 5.99. The number of nitrogens with zero attached hydrogens (tertiary/aromatic N) is 2. The van der Waals surface area contributed by atoms with Crippen LogP contribution in [0, 0.1) is 5.92 Å². The van der Waals surface area contributed by atoms with E-state index in [1.165, 1.54) is 4.90 Å². The molecule has 0 radical (unpaired) electrons. The number of benzene rings is 1. The zero-order valence-electron chi connectivity index (χ0n) is 26.2. The van der Waals surface area contributed by atoms with Crippen LogP contribution < -0.4 is 15.4 Å². The van der Waals surface area contributed by atoms with Gasteiger partial charge in [0.15, 0.2) is 0 Å². The lowest BCUT2D eigenvalue weighted by Crippen LogP contribution is -2.69. The molecule has 2 aliphatic heterocycles. The molecule has 5 rings (SSSR count). The van der Waals surface area contributed by atoms with E-state index in [2.05, 4.69) is 15.6 Å². The second kappa shape index (κ2) is 14.3. The summed E-state index contributed by atoms with van der Waals surface area (Å²) >= 11 is 0. The summed E-state index contributed by atoms with van der Waals surface area (Å²) in [5.41, 5.74) is -3.17. The van der Waals surface area contributed by atoms with E-state index in [0.717, 1.165) is 42.9 Å². The predicted molar refractivity (Wildman–Crippen MR) is 167 cm³/mol. The van der Waals surface area contributed by atoms with Crippen molar-refractivity contribution in [3.63, 3.8) is 0 Å². The van der Waals surface area contributed by atoms with Crippen LogP contribution in [0.5, 0.6) is 5.88 Å². The third-order valence-corrected chi connectivity index (χ3v) is 8.87. The largest absolute Gasteiger partial charge is 0.472 e. The summed E-state index contributed by atoms with van der Waals surface area (Å²) in [4.78, 5) is 60.8. The summed E-state index contributed by atoms with van der Waals surface area (Å²) in [6.07, 6.45) is 10.3.